The lowest BCUT2D eigenvalue weighted by molar-refractivity contribution is -0.130. The van der Waals surface area contributed by atoms with Crippen molar-refractivity contribution in [2.75, 3.05) is 32.2 Å². The normalized spacial score (nSPS) is 15.3. The molecule has 27 heavy (non-hydrogen) atoms. The lowest BCUT2D eigenvalue weighted by Crippen LogP contribution is -2.46. The second-order valence-corrected chi connectivity index (χ2v) is 6.36. The van der Waals surface area contributed by atoms with E-state index in [9.17, 15) is 4.79 Å². The number of benzene rings is 2. The molecule has 1 aliphatic rings. The molecule has 3 N–H and O–H groups in total. The van der Waals surface area contributed by atoms with Gasteiger partial charge in [-0.15, -0.1) is 12.4 Å². The monoisotopic (exact) mass is 392 g/mol. The molecule has 2 aromatic rings. The maximum atomic E-state index is 12.7. The fourth-order valence-electron chi connectivity index (χ4n) is 2.96. The third-order valence-electron chi connectivity index (χ3n) is 4.71. The molecule has 1 saturated heterocycles. The number of anilines is 1. The van der Waals surface area contributed by atoms with Gasteiger partial charge < -0.3 is 25.3 Å². The minimum absolute atomic E-state index is 0. The summed E-state index contributed by atoms with van der Waals surface area (Å²) in [5.41, 5.74) is 6.05. The summed E-state index contributed by atoms with van der Waals surface area (Å²) in [4.78, 5) is 12.7. The highest BCUT2D eigenvalue weighted by atomic mass is 35.5. The van der Waals surface area contributed by atoms with E-state index in [4.69, 9.17) is 19.9 Å². The van der Waals surface area contributed by atoms with E-state index in [1.54, 1.807) is 7.11 Å². The Bertz CT molecular complexity index is 746. The molecule has 1 heterocycles. The molecule has 1 fully saturated rings. The van der Waals surface area contributed by atoms with Crippen molar-refractivity contribution in [2.45, 2.75) is 12.8 Å². The summed E-state index contributed by atoms with van der Waals surface area (Å²) in [5, 5.41) is 2.96. The van der Waals surface area contributed by atoms with Crippen molar-refractivity contribution in [3.8, 4) is 17.2 Å². The van der Waals surface area contributed by atoms with Crippen molar-refractivity contribution in [3.63, 3.8) is 0 Å². The lowest BCUT2D eigenvalue weighted by atomic mass is 9.79. The predicted octanol–water partition coefficient (Wildman–Crippen LogP) is 3.60. The average molecular weight is 393 g/mol. The summed E-state index contributed by atoms with van der Waals surface area (Å²) in [6.45, 7) is 1.45. The van der Waals surface area contributed by atoms with Crippen LogP contribution in [-0.4, -0.2) is 32.8 Å². The van der Waals surface area contributed by atoms with E-state index in [-0.39, 0.29) is 18.3 Å². The van der Waals surface area contributed by atoms with Crippen LogP contribution in [0.4, 0.5) is 5.69 Å². The lowest BCUT2D eigenvalue weighted by Gasteiger charge is -2.34. The second kappa shape index (κ2) is 9.60. The van der Waals surface area contributed by atoms with E-state index in [1.807, 2.05) is 48.5 Å². The van der Waals surface area contributed by atoms with E-state index < -0.39 is 5.41 Å². The van der Waals surface area contributed by atoms with Crippen LogP contribution in [0.2, 0.25) is 0 Å². The molecule has 3 rings (SSSR count). The fraction of sp³-hybridized carbons (Fsp3) is 0.350. The molecule has 0 bridgehead atoms. The molecule has 0 saturated carbocycles. The van der Waals surface area contributed by atoms with Crippen molar-refractivity contribution in [2.24, 2.45) is 11.1 Å². The quantitative estimate of drug-likeness (QED) is 0.784. The average Bonchev–Trinajstić information content (AvgIpc) is 2.70. The Morgan fingerprint density at radius 1 is 1.11 bits per heavy atom. The minimum Gasteiger partial charge on any atom is -0.497 e. The molecule has 1 amide bonds. The number of halogens is 1. The molecular weight excluding hydrogens is 368 g/mol. The molecule has 0 aromatic heterocycles. The Morgan fingerprint density at radius 2 is 1.78 bits per heavy atom. The molecule has 0 unspecified atom stereocenters. The molecule has 7 heteroatoms. The molecule has 0 atom stereocenters. The minimum atomic E-state index is -0.548. The summed E-state index contributed by atoms with van der Waals surface area (Å²) in [6, 6.07) is 14.6. The number of ether oxygens (including phenoxy) is 3. The van der Waals surface area contributed by atoms with Crippen LogP contribution in [0.3, 0.4) is 0 Å². The molecular formula is C20H25ClN2O4. The summed E-state index contributed by atoms with van der Waals surface area (Å²) < 4.78 is 16.4. The molecule has 0 aliphatic carbocycles. The maximum absolute atomic E-state index is 12.7. The van der Waals surface area contributed by atoms with Crippen molar-refractivity contribution in [1.29, 1.82) is 0 Å². The molecule has 146 valence electrons. The molecule has 0 spiro atoms. The van der Waals surface area contributed by atoms with Gasteiger partial charge in [-0.25, -0.2) is 0 Å². The predicted molar refractivity (Wildman–Crippen MR) is 107 cm³/mol. The Kier molecular flexibility index (Phi) is 7.47. The number of carbonyl (C=O) groups is 1. The number of nitrogens with two attached hydrogens (primary N) is 1. The van der Waals surface area contributed by atoms with Gasteiger partial charge in [-0.1, -0.05) is 6.07 Å². The Morgan fingerprint density at radius 3 is 2.41 bits per heavy atom. The molecule has 1 aliphatic heterocycles. The largest absolute Gasteiger partial charge is 0.497 e. The van der Waals surface area contributed by atoms with Gasteiger partial charge in [0.05, 0.1) is 12.5 Å². The second-order valence-electron chi connectivity index (χ2n) is 6.36. The number of amides is 1. The third kappa shape index (κ3) is 5.13. The SMILES string of the molecule is COc1cccc(Oc2ccc(NC(=O)C3(CN)CCOCC3)cc2)c1.Cl. The van der Waals surface area contributed by atoms with Gasteiger partial charge in [0, 0.05) is 31.5 Å². The first kappa shape index (κ1) is 21.0. The summed E-state index contributed by atoms with van der Waals surface area (Å²) >= 11 is 0. The number of methoxy groups -OCH3 is 1. The van der Waals surface area contributed by atoms with E-state index in [0.717, 1.165) is 5.75 Å². The topological polar surface area (TPSA) is 82.8 Å². The van der Waals surface area contributed by atoms with Crippen LogP contribution < -0.4 is 20.5 Å². The zero-order chi connectivity index (χ0) is 18.4. The van der Waals surface area contributed by atoms with E-state index in [1.165, 1.54) is 0 Å². The van der Waals surface area contributed by atoms with Crippen molar-refractivity contribution < 1.29 is 19.0 Å². The van der Waals surface area contributed by atoms with Gasteiger partial charge in [-0.3, -0.25) is 4.79 Å². The van der Waals surface area contributed by atoms with Gasteiger partial charge >= 0.3 is 0 Å². The van der Waals surface area contributed by atoms with Gasteiger partial charge in [0.25, 0.3) is 0 Å². The standard InChI is InChI=1S/C20H24N2O4.ClH/c1-24-17-3-2-4-18(13-17)26-16-7-5-15(6-8-16)22-19(23)20(14-21)9-11-25-12-10-20;/h2-8,13H,9-12,14,21H2,1H3,(H,22,23);1H. The summed E-state index contributed by atoms with van der Waals surface area (Å²) in [6.07, 6.45) is 1.29. The van der Waals surface area contributed by atoms with Gasteiger partial charge in [0.1, 0.15) is 17.2 Å². The van der Waals surface area contributed by atoms with Crippen molar-refractivity contribution in [3.05, 3.63) is 48.5 Å². The summed E-state index contributed by atoms with van der Waals surface area (Å²) in [7, 11) is 1.61. The van der Waals surface area contributed by atoms with Crippen LogP contribution in [0.5, 0.6) is 17.2 Å². The first-order valence-corrected chi connectivity index (χ1v) is 8.66. The maximum Gasteiger partial charge on any atom is 0.232 e. The van der Waals surface area contributed by atoms with Gasteiger partial charge in [0.15, 0.2) is 0 Å². The Hall–Kier alpha value is -2.28. The van der Waals surface area contributed by atoms with Crippen LogP contribution in [0.1, 0.15) is 12.8 Å². The first-order chi connectivity index (χ1) is 12.6. The third-order valence-corrected chi connectivity index (χ3v) is 4.71. The zero-order valence-corrected chi connectivity index (χ0v) is 16.1. The van der Waals surface area contributed by atoms with Gasteiger partial charge in [-0.2, -0.15) is 0 Å². The smallest absolute Gasteiger partial charge is 0.232 e. The molecule has 2 aromatic carbocycles. The number of rotatable bonds is 6. The van der Waals surface area contributed by atoms with Crippen LogP contribution in [0.15, 0.2) is 48.5 Å². The number of carbonyl (C=O) groups excluding carboxylic acids is 1. The number of hydrogen-bond acceptors (Lipinski definition) is 5. The Labute approximate surface area is 165 Å². The highest BCUT2D eigenvalue weighted by Gasteiger charge is 2.38. The van der Waals surface area contributed by atoms with Gasteiger partial charge in [-0.05, 0) is 49.2 Å². The zero-order valence-electron chi connectivity index (χ0n) is 15.3. The van der Waals surface area contributed by atoms with E-state index in [2.05, 4.69) is 5.32 Å². The van der Waals surface area contributed by atoms with Crippen molar-refractivity contribution in [1.82, 2.24) is 0 Å². The van der Waals surface area contributed by atoms with Crippen molar-refractivity contribution >= 4 is 24.0 Å². The summed E-state index contributed by atoms with van der Waals surface area (Å²) in [5.74, 6) is 2.04. The van der Waals surface area contributed by atoms with E-state index in [0.29, 0.717) is 49.8 Å². The van der Waals surface area contributed by atoms with Crippen LogP contribution in [-0.2, 0) is 9.53 Å². The molecule has 6 nitrogen and oxygen atoms in total. The number of hydrogen-bond donors (Lipinski definition) is 2. The van der Waals surface area contributed by atoms with Crippen LogP contribution in [0, 0.1) is 5.41 Å². The number of nitrogens with one attached hydrogen (secondary N) is 1. The highest BCUT2D eigenvalue weighted by Crippen LogP contribution is 2.31. The molecule has 0 radical (unpaired) electrons. The van der Waals surface area contributed by atoms with Crippen LogP contribution in [0.25, 0.3) is 0 Å². The highest BCUT2D eigenvalue weighted by molar-refractivity contribution is 5.95. The van der Waals surface area contributed by atoms with Crippen LogP contribution >= 0.6 is 12.4 Å². The Balaban J connectivity index is 0.00000261. The van der Waals surface area contributed by atoms with Gasteiger partial charge in [0.2, 0.25) is 5.91 Å². The fourth-order valence-corrected chi connectivity index (χ4v) is 2.96. The first-order valence-electron chi connectivity index (χ1n) is 8.66. The van der Waals surface area contributed by atoms with E-state index >= 15 is 0 Å².